The van der Waals surface area contributed by atoms with Crippen LogP contribution < -0.4 is 0 Å². The van der Waals surface area contributed by atoms with Crippen molar-refractivity contribution in [3.63, 3.8) is 0 Å². The molecular formula is C7H11IO3. The molecule has 64 valence electrons. The summed E-state index contributed by atoms with van der Waals surface area (Å²) in [5.41, 5.74) is 0. The third-order valence-electron chi connectivity index (χ3n) is 1.85. The zero-order valence-electron chi connectivity index (χ0n) is 6.03. The van der Waals surface area contributed by atoms with Crippen LogP contribution in [0, 0.1) is 5.92 Å². The van der Waals surface area contributed by atoms with Gasteiger partial charge in [0.15, 0.2) is 6.10 Å². The van der Waals surface area contributed by atoms with Crippen molar-refractivity contribution in [1.29, 1.82) is 0 Å². The van der Waals surface area contributed by atoms with Gasteiger partial charge in [-0.3, -0.25) is 0 Å². The summed E-state index contributed by atoms with van der Waals surface area (Å²) in [5.74, 6) is -0.434. The first kappa shape index (κ1) is 9.25. The maximum absolute atomic E-state index is 10.3. The van der Waals surface area contributed by atoms with Crippen LogP contribution in [0.25, 0.3) is 0 Å². The molecule has 0 heterocycles. The Hall–Kier alpha value is 0.160. The molecule has 0 amide bonds. The fraction of sp³-hybridized carbons (Fsp3) is 0.857. The van der Waals surface area contributed by atoms with Crippen LogP contribution in [0.15, 0.2) is 0 Å². The molecule has 1 saturated carbocycles. The van der Waals surface area contributed by atoms with Crippen LogP contribution in [0.2, 0.25) is 0 Å². The number of hydrogen-bond donors (Lipinski definition) is 2. The molecule has 4 heteroatoms. The normalized spacial score (nSPS) is 22.7. The molecular weight excluding hydrogens is 259 g/mol. The molecule has 0 aromatic heterocycles. The molecule has 0 spiro atoms. The molecule has 11 heavy (non-hydrogen) atoms. The van der Waals surface area contributed by atoms with E-state index in [1.54, 1.807) is 0 Å². The minimum absolute atomic E-state index is 0.127. The van der Waals surface area contributed by atoms with Gasteiger partial charge in [-0.15, -0.1) is 0 Å². The summed E-state index contributed by atoms with van der Waals surface area (Å²) in [6.07, 6.45) is 2.06. The van der Waals surface area contributed by atoms with Crippen LogP contribution in [-0.2, 0) is 4.79 Å². The van der Waals surface area contributed by atoms with E-state index in [1.165, 1.54) is 12.8 Å². The van der Waals surface area contributed by atoms with Crippen molar-refractivity contribution in [3.8, 4) is 0 Å². The molecule has 0 aliphatic heterocycles. The Kier molecular flexibility index (Phi) is 3.12. The number of halogens is 1. The van der Waals surface area contributed by atoms with E-state index in [-0.39, 0.29) is 3.92 Å². The fourth-order valence-corrected chi connectivity index (χ4v) is 1.98. The SMILES string of the molecule is O=C(O)C(O)C(I)CC1CC1. The Morgan fingerprint density at radius 2 is 2.18 bits per heavy atom. The first-order valence-corrected chi connectivity index (χ1v) is 4.90. The van der Waals surface area contributed by atoms with Crippen molar-refractivity contribution in [2.45, 2.75) is 29.3 Å². The third-order valence-corrected chi connectivity index (χ3v) is 3.04. The average Bonchev–Trinajstić information content (AvgIpc) is 2.69. The van der Waals surface area contributed by atoms with Gasteiger partial charge in [-0.25, -0.2) is 4.79 Å². The lowest BCUT2D eigenvalue weighted by atomic mass is 10.1. The highest BCUT2D eigenvalue weighted by molar-refractivity contribution is 14.1. The lowest BCUT2D eigenvalue weighted by Crippen LogP contribution is -2.29. The van der Waals surface area contributed by atoms with Crippen LogP contribution in [0.5, 0.6) is 0 Å². The van der Waals surface area contributed by atoms with Gasteiger partial charge in [-0.05, 0) is 12.3 Å². The number of aliphatic hydroxyl groups excluding tert-OH is 1. The second-order valence-corrected chi connectivity index (χ2v) is 4.58. The Morgan fingerprint density at radius 3 is 2.55 bits per heavy atom. The lowest BCUT2D eigenvalue weighted by Gasteiger charge is -2.11. The second kappa shape index (κ2) is 3.71. The van der Waals surface area contributed by atoms with E-state index in [4.69, 9.17) is 10.2 Å². The van der Waals surface area contributed by atoms with E-state index in [0.29, 0.717) is 5.92 Å². The number of aliphatic hydroxyl groups is 1. The minimum Gasteiger partial charge on any atom is -0.479 e. The van der Waals surface area contributed by atoms with Crippen LogP contribution in [0.4, 0.5) is 0 Å². The van der Waals surface area contributed by atoms with Gasteiger partial charge < -0.3 is 10.2 Å². The molecule has 1 aliphatic rings. The second-order valence-electron chi connectivity index (χ2n) is 2.98. The summed E-state index contributed by atoms with van der Waals surface area (Å²) in [5, 5.41) is 17.5. The van der Waals surface area contributed by atoms with Gasteiger partial charge in [-0.1, -0.05) is 35.4 Å². The Bertz CT molecular complexity index is 156. The Labute approximate surface area is 78.9 Å². The number of rotatable bonds is 4. The van der Waals surface area contributed by atoms with E-state index in [2.05, 4.69) is 0 Å². The predicted octanol–water partition coefficient (Wildman–Crippen LogP) is 1.04. The standard InChI is InChI=1S/C7H11IO3/c8-5(3-4-1-2-4)6(9)7(10)11/h4-6,9H,1-3H2,(H,10,11). The molecule has 1 rings (SSSR count). The van der Waals surface area contributed by atoms with E-state index >= 15 is 0 Å². The minimum atomic E-state index is -1.18. The Morgan fingerprint density at radius 1 is 1.64 bits per heavy atom. The van der Waals surface area contributed by atoms with Crippen molar-refractivity contribution >= 4 is 28.6 Å². The molecule has 0 radical (unpaired) electrons. The number of carbonyl (C=O) groups is 1. The summed E-state index contributed by atoms with van der Waals surface area (Å²) in [4.78, 5) is 10.3. The van der Waals surface area contributed by atoms with Crippen molar-refractivity contribution in [2.75, 3.05) is 0 Å². The molecule has 3 nitrogen and oxygen atoms in total. The first-order chi connectivity index (χ1) is 5.11. The zero-order chi connectivity index (χ0) is 8.43. The summed E-state index contributed by atoms with van der Waals surface area (Å²) in [6, 6.07) is 0. The fourth-order valence-electron chi connectivity index (χ4n) is 0.956. The monoisotopic (exact) mass is 270 g/mol. The lowest BCUT2D eigenvalue weighted by molar-refractivity contribution is -0.146. The molecule has 2 unspecified atom stereocenters. The number of carboxylic acids is 1. The van der Waals surface area contributed by atoms with Gasteiger partial charge >= 0.3 is 5.97 Å². The summed E-state index contributed by atoms with van der Waals surface area (Å²) in [6.45, 7) is 0. The highest BCUT2D eigenvalue weighted by atomic mass is 127. The number of carboxylic acid groups (broad SMARTS) is 1. The van der Waals surface area contributed by atoms with Gasteiger partial charge in [0.1, 0.15) is 0 Å². The summed E-state index contributed by atoms with van der Waals surface area (Å²) < 4.78 is -0.127. The maximum atomic E-state index is 10.3. The van der Waals surface area contributed by atoms with Crippen molar-refractivity contribution in [2.24, 2.45) is 5.92 Å². The zero-order valence-corrected chi connectivity index (χ0v) is 8.19. The van der Waals surface area contributed by atoms with Crippen molar-refractivity contribution < 1.29 is 15.0 Å². The van der Waals surface area contributed by atoms with Crippen molar-refractivity contribution in [1.82, 2.24) is 0 Å². The molecule has 1 aliphatic carbocycles. The third kappa shape index (κ3) is 2.94. The van der Waals surface area contributed by atoms with E-state index in [1.807, 2.05) is 22.6 Å². The van der Waals surface area contributed by atoms with Crippen molar-refractivity contribution in [3.05, 3.63) is 0 Å². The van der Waals surface area contributed by atoms with Gasteiger partial charge in [0.05, 0.1) is 0 Å². The van der Waals surface area contributed by atoms with Gasteiger partial charge in [0.25, 0.3) is 0 Å². The van der Waals surface area contributed by atoms with Crippen LogP contribution in [0.1, 0.15) is 19.3 Å². The number of hydrogen-bond acceptors (Lipinski definition) is 2. The quantitative estimate of drug-likeness (QED) is 0.592. The van der Waals surface area contributed by atoms with Gasteiger partial charge in [-0.2, -0.15) is 0 Å². The predicted molar refractivity (Wildman–Crippen MR) is 48.8 cm³/mol. The average molecular weight is 270 g/mol. The summed E-state index contributed by atoms with van der Waals surface area (Å²) in [7, 11) is 0. The van der Waals surface area contributed by atoms with Crippen LogP contribution in [0.3, 0.4) is 0 Å². The van der Waals surface area contributed by atoms with Gasteiger partial charge in [0, 0.05) is 3.92 Å². The molecule has 0 aromatic rings. The van der Waals surface area contributed by atoms with Gasteiger partial charge in [0.2, 0.25) is 0 Å². The smallest absolute Gasteiger partial charge is 0.333 e. The first-order valence-electron chi connectivity index (χ1n) is 3.66. The largest absolute Gasteiger partial charge is 0.479 e. The van der Waals surface area contributed by atoms with E-state index in [9.17, 15) is 4.79 Å². The Balaban J connectivity index is 2.26. The highest BCUT2D eigenvalue weighted by Gasteiger charge is 2.30. The van der Waals surface area contributed by atoms with E-state index < -0.39 is 12.1 Å². The van der Waals surface area contributed by atoms with E-state index in [0.717, 1.165) is 6.42 Å². The number of alkyl halides is 1. The number of aliphatic carboxylic acids is 1. The maximum Gasteiger partial charge on any atom is 0.333 e. The topological polar surface area (TPSA) is 57.5 Å². The molecule has 0 bridgehead atoms. The van der Waals surface area contributed by atoms with Crippen LogP contribution >= 0.6 is 22.6 Å². The molecule has 0 aromatic carbocycles. The van der Waals surface area contributed by atoms with Crippen LogP contribution in [-0.4, -0.2) is 26.2 Å². The highest BCUT2D eigenvalue weighted by Crippen LogP contribution is 2.36. The molecule has 0 saturated heterocycles. The molecule has 1 fully saturated rings. The summed E-state index contributed by atoms with van der Waals surface area (Å²) >= 11 is 2.01. The molecule has 2 N–H and O–H groups in total. The molecule has 2 atom stereocenters.